The van der Waals surface area contributed by atoms with Gasteiger partial charge in [-0.25, -0.2) is 5.43 Å². The number of carbonyl (C=O) groups excluding carboxylic acids is 2. The lowest BCUT2D eigenvalue weighted by atomic mass is 10.1. The zero-order valence-corrected chi connectivity index (χ0v) is 17.1. The number of nitrogens with one attached hydrogen (secondary N) is 2. The number of anilines is 1. The topological polar surface area (TPSA) is 90.8 Å². The molecule has 29 heavy (non-hydrogen) atoms. The monoisotopic (exact) mass is 451 g/mol. The van der Waals surface area contributed by atoms with Gasteiger partial charge in [0.25, 0.3) is 11.8 Å². The number of rotatable bonds is 5. The fourth-order valence-electron chi connectivity index (χ4n) is 2.47. The summed E-state index contributed by atoms with van der Waals surface area (Å²) < 4.78 is 0.784. The molecule has 0 fully saturated rings. The lowest BCUT2D eigenvalue weighted by Gasteiger charge is -2.07. The first-order chi connectivity index (χ1) is 13.9. The van der Waals surface area contributed by atoms with Crippen LogP contribution >= 0.6 is 15.9 Å². The minimum Gasteiger partial charge on any atom is -0.507 e. The summed E-state index contributed by atoms with van der Waals surface area (Å²) in [6, 6.07) is 18.6. The number of hydrazone groups is 1. The maximum Gasteiger partial charge on any atom is 0.271 e. The van der Waals surface area contributed by atoms with Gasteiger partial charge in [0.05, 0.1) is 6.21 Å². The highest BCUT2D eigenvalue weighted by Gasteiger charge is 2.08. The molecule has 0 aliphatic carbocycles. The van der Waals surface area contributed by atoms with Crippen LogP contribution in [-0.4, -0.2) is 23.1 Å². The molecule has 0 radical (unpaired) electrons. The van der Waals surface area contributed by atoms with Gasteiger partial charge in [-0.2, -0.15) is 5.10 Å². The van der Waals surface area contributed by atoms with Gasteiger partial charge in [-0.1, -0.05) is 33.6 Å². The van der Waals surface area contributed by atoms with Crippen LogP contribution in [0.15, 0.2) is 76.3 Å². The summed E-state index contributed by atoms with van der Waals surface area (Å²) in [5, 5.41) is 16.4. The van der Waals surface area contributed by atoms with Gasteiger partial charge in [-0.15, -0.1) is 0 Å². The van der Waals surface area contributed by atoms with Gasteiger partial charge < -0.3 is 10.4 Å². The fraction of sp³-hybridized carbons (Fsp3) is 0.0455. The Bertz CT molecular complexity index is 1060. The second kappa shape index (κ2) is 9.16. The molecule has 6 nitrogen and oxygen atoms in total. The Morgan fingerprint density at radius 3 is 2.24 bits per heavy atom. The average Bonchev–Trinajstić information content (AvgIpc) is 2.71. The van der Waals surface area contributed by atoms with E-state index in [0.29, 0.717) is 22.4 Å². The highest BCUT2D eigenvalue weighted by atomic mass is 79.9. The van der Waals surface area contributed by atoms with Crippen molar-refractivity contribution in [3.8, 4) is 5.75 Å². The Labute approximate surface area is 176 Å². The van der Waals surface area contributed by atoms with Gasteiger partial charge >= 0.3 is 0 Å². The first kappa shape index (κ1) is 20.3. The normalized spacial score (nSPS) is 10.7. The van der Waals surface area contributed by atoms with Crippen LogP contribution in [0.1, 0.15) is 31.8 Å². The lowest BCUT2D eigenvalue weighted by molar-refractivity contribution is 0.0954. The van der Waals surface area contributed by atoms with Crippen molar-refractivity contribution in [2.75, 3.05) is 5.32 Å². The van der Waals surface area contributed by atoms with E-state index in [1.165, 1.54) is 12.3 Å². The Kier molecular flexibility index (Phi) is 6.41. The smallest absolute Gasteiger partial charge is 0.271 e. The predicted octanol–water partition coefficient (Wildman–Crippen LogP) is 4.48. The van der Waals surface area contributed by atoms with E-state index in [-0.39, 0.29) is 11.7 Å². The van der Waals surface area contributed by atoms with Gasteiger partial charge in [0.15, 0.2) is 0 Å². The molecule has 3 rings (SSSR count). The third-order valence-electron chi connectivity index (χ3n) is 4.08. The highest BCUT2D eigenvalue weighted by Crippen LogP contribution is 2.20. The van der Waals surface area contributed by atoms with Gasteiger partial charge in [0.1, 0.15) is 5.75 Å². The molecule has 3 aromatic rings. The maximum absolute atomic E-state index is 12.2. The third-order valence-corrected chi connectivity index (χ3v) is 4.57. The van der Waals surface area contributed by atoms with Crippen LogP contribution in [0, 0.1) is 6.92 Å². The molecule has 0 saturated carbocycles. The third kappa shape index (κ3) is 5.52. The predicted molar refractivity (Wildman–Crippen MR) is 116 cm³/mol. The molecule has 0 aromatic heterocycles. The zero-order chi connectivity index (χ0) is 20.8. The molecule has 0 aliphatic heterocycles. The molecule has 2 amide bonds. The lowest BCUT2D eigenvalue weighted by Crippen LogP contribution is -2.18. The first-order valence-corrected chi connectivity index (χ1v) is 9.52. The van der Waals surface area contributed by atoms with Crippen LogP contribution in [0.5, 0.6) is 5.75 Å². The zero-order valence-electron chi connectivity index (χ0n) is 15.5. The van der Waals surface area contributed by atoms with Crippen molar-refractivity contribution in [3.05, 3.63) is 93.5 Å². The summed E-state index contributed by atoms with van der Waals surface area (Å²) in [5.41, 5.74) is 5.47. The average molecular weight is 452 g/mol. The Hall–Kier alpha value is -3.45. The minimum atomic E-state index is -0.410. The number of hydrogen-bond acceptors (Lipinski definition) is 4. The molecular formula is C22H18BrN3O3. The van der Waals surface area contributed by atoms with E-state index in [2.05, 4.69) is 31.8 Å². The Morgan fingerprint density at radius 1 is 0.931 bits per heavy atom. The number of amides is 2. The molecule has 0 spiro atoms. The number of phenolic OH excluding ortho intramolecular Hbond substituents is 1. The van der Waals surface area contributed by atoms with E-state index in [1.807, 2.05) is 19.1 Å². The summed E-state index contributed by atoms with van der Waals surface area (Å²) in [6.45, 7) is 1.96. The number of carbonyl (C=O) groups is 2. The number of aromatic hydroxyl groups is 1. The van der Waals surface area contributed by atoms with Crippen LogP contribution in [0.25, 0.3) is 0 Å². The molecule has 0 heterocycles. The molecule has 0 unspecified atom stereocenters. The van der Waals surface area contributed by atoms with Gasteiger partial charge in [0, 0.05) is 26.9 Å². The van der Waals surface area contributed by atoms with Crippen molar-refractivity contribution in [1.29, 1.82) is 0 Å². The maximum atomic E-state index is 12.2. The van der Waals surface area contributed by atoms with Crippen molar-refractivity contribution >= 4 is 39.6 Å². The highest BCUT2D eigenvalue weighted by molar-refractivity contribution is 9.10. The van der Waals surface area contributed by atoms with Gasteiger partial charge in [0.2, 0.25) is 0 Å². The van der Waals surface area contributed by atoms with E-state index < -0.39 is 5.91 Å². The molecule has 0 aliphatic rings. The van der Waals surface area contributed by atoms with E-state index in [4.69, 9.17) is 0 Å². The Morgan fingerprint density at radius 2 is 1.55 bits per heavy atom. The van der Waals surface area contributed by atoms with E-state index >= 15 is 0 Å². The molecule has 0 saturated heterocycles. The van der Waals surface area contributed by atoms with Crippen molar-refractivity contribution in [2.45, 2.75) is 6.92 Å². The number of aryl methyl sites for hydroxylation is 1. The van der Waals surface area contributed by atoms with Crippen molar-refractivity contribution in [3.63, 3.8) is 0 Å². The summed E-state index contributed by atoms with van der Waals surface area (Å²) in [4.78, 5) is 24.4. The summed E-state index contributed by atoms with van der Waals surface area (Å²) in [7, 11) is 0. The fourth-order valence-corrected chi connectivity index (χ4v) is 2.85. The second-order valence-corrected chi connectivity index (χ2v) is 7.22. The first-order valence-electron chi connectivity index (χ1n) is 8.72. The quantitative estimate of drug-likeness (QED) is 0.394. The number of nitrogens with zero attached hydrogens (tertiary/aromatic N) is 1. The number of phenols is 1. The summed E-state index contributed by atoms with van der Waals surface area (Å²) in [5.74, 6) is -0.576. The van der Waals surface area contributed by atoms with Crippen molar-refractivity contribution in [2.24, 2.45) is 5.10 Å². The summed E-state index contributed by atoms with van der Waals surface area (Å²) in [6.07, 6.45) is 1.36. The van der Waals surface area contributed by atoms with Crippen LogP contribution in [0.2, 0.25) is 0 Å². The van der Waals surface area contributed by atoms with E-state index in [0.717, 1.165) is 10.0 Å². The molecule has 3 N–H and O–H groups in total. The standard InChI is InChI=1S/C22H18BrN3O3/c1-14-2-4-15(5-3-14)21(28)25-19-9-6-16(7-10-19)22(29)26-24-13-17-12-18(23)8-11-20(17)27/h2-13,27H,1H3,(H,25,28)(H,26,29)/b24-13-. The van der Waals surface area contributed by atoms with Crippen molar-refractivity contribution in [1.82, 2.24) is 5.43 Å². The molecule has 146 valence electrons. The van der Waals surface area contributed by atoms with E-state index in [1.54, 1.807) is 48.5 Å². The number of benzene rings is 3. The molecule has 0 atom stereocenters. The molecule has 3 aromatic carbocycles. The SMILES string of the molecule is Cc1ccc(C(=O)Nc2ccc(C(=O)N/N=C\c3cc(Br)ccc3O)cc2)cc1. The molecular weight excluding hydrogens is 434 g/mol. The van der Waals surface area contributed by atoms with Crippen LogP contribution in [0.3, 0.4) is 0 Å². The van der Waals surface area contributed by atoms with Crippen LogP contribution in [0.4, 0.5) is 5.69 Å². The second-order valence-electron chi connectivity index (χ2n) is 6.30. The van der Waals surface area contributed by atoms with Crippen LogP contribution in [-0.2, 0) is 0 Å². The largest absolute Gasteiger partial charge is 0.507 e. The van der Waals surface area contributed by atoms with Gasteiger partial charge in [-0.05, 0) is 61.5 Å². The number of hydrogen-bond donors (Lipinski definition) is 3. The van der Waals surface area contributed by atoms with Gasteiger partial charge in [-0.3, -0.25) is 9.59 Å². The van der Waals surface area contributed by atoms with Crippen molar-refractivity contribution < 1.29 is 14.7 Å². The molecule has 7 heteroatoms. The minimum absolute atomic E-state index is 0.0554. The number of halogens is 1. The Balaban J connectivity index is 1.59. The van der Waals surface area contributed by atoms with Crippen LogP contribution < -0.4 is 10.7 Å². The van der Waals surface area contributed by atoms with E-state index in [9.17, 15) is 14.7 Å². The molecule has 0 bridgehead atoms. The summed E-state index contributed by atoms with van der Waals surface area (Å²) >= 11 is 3.31.